The Labute approximate surface area is 182 Å². The van der Waals surface area contributed by atoms with Crippen LogP contribution in [0, 0.1) is 5.82 Å². The van der Waals surface area contributed by atoms with Crippen LogP contribution in [0.3, 0.4) is 0 Å². The molecular weight excluding hydrogens is 417 g/mol. The molecule has 4 aromatic rings. The zero-order chi connectivity index (χ0) is 21.8. The predicted octanol–water partition coefficient (Wildman–Crippen LogP) is 3.97. The van der Waals surface area contributed by atoms with Gasteiger partial charge in [0, 0.05) is 6.54 Å². The Bertz CT molecular complexity index is 1250. The quantitative estimate of drug-likeness (QED) is 0.350. The van der Waals surface area contributed by atoms with Gasteiger partial charge in [-0.05, 0) is 48.9 Å². The lowest BCUT2D eigenvalue weighted by molar-refractivity contribution is -0.120. The monoisotopic (exact) mass is 437 g/mol. The van der Waals surface area contributed by atoms with E-state index in [0.717, 1.165) is 5.56 Å². The highest BCUT2D eigenvalue weighted by Crippen LogP contribution is 2.23. The Kier molecular flexibility index (Phi) is 6.18. The van der Waals surface area contributed by atoms with E-state index in [9.17, 15) is 14.0 Å². The number of carbonyl (C=O) groups excluding carboxylic acids is 1. The van der Waals surface area contributed by atoms with E-state index >= 15 is 0 Å². The van der Waals surface area contributed by atoms with Gasteiger partial charge in [-0.15, -0.1) is 0 Å². The van der Waals surface area contributed by atoms with Crippen molar-refractivity contribution >= 4 is 28.6 Å². The maximum atomic E-state index is 13.1. The fourth-order valence-electron chi connectivity index (χ4n) is 3.08. The normalized spacial score (nSPS) is 12.1. The maximum absolute atomic E-state index is 13.1. The first-order valence-corrected chi connectivity index (χ1v) is 10.6. The number of nitrogens with one attached hydrogen (secondary N) is 1. The van der Waals surface area contributed by atoms with Crippen LogP contribution in [0.2, 0.25) is 0 Å². The van der Waals surface area contributed by atoms with E-state index in [-0.39, 0.29) is 30.4 Å². The van der Waals surface area contributed by atoms with Crippen LogP contribution in [-0.2, 0) is 17.9 Å². The second-order valence-corrected chi connectivity index (χ2v) is 8.29. The van der Waals surface area contributed by atoms with Gasteiger partial charge in [-0.1, -0.05) is 36.0 Å². The van der Waals surface area contributed by atoms with Gasteiger partial charge in [0.05, 0.1) is 29.0 Å². The number of aromatic nitrogens is 2. The number of para-hydroxylation sites is 1. The summed E-state index contributed by atoms with van der Waals surface area (Å²) in [7, 11) is 0. The first-order chi connectivity index (χ1) is 15.0. The molecule has 0 aliphatic carbocycles. The van der Waals surface area contributed by atoms with Crippen molar-refractivity contribution in [2.45, 2.75) is 30.4 Å². The van der Waals surface area contributed by atoms with Gasteiger partial charge < -0.3 is 9.73 Å². The molecule has 1 unspecified atom stereocenters. The van der Waals surface area contributed by atoms with Crippen molar-refractivity contribution in [1.29, 1.82) is 0 Å². The number of thioether (sulfide) groups is 1. The minimum Gasteiger partial charge on any atom is -0.467 e. The summed E-state index contributed by atoms with van der Waals surface area (Å²) in [6.07, 6.45) is 1.55. The molecule has 2 heterocycles. The lowest BCUT2D eigenvalue weighted by Crippen LogP contribution is -2.31. The fourth-order valence-corrected chi connectivity index (χ4v) is 4.01. The van der Waals surface area contributed by atoms with Crippen LogP contribution in [-0.4, -0.2) is 20.7 Å². The molecule has 31 heavy (non-hydrogen) atoms. The number of hydrogen-bond donors (Lipinski definition) is 1. The summed E-state index contributed by atoms with van der Waals surface area (Å²) in [5.41, 5.74) is 1.18. The summed E-state index contributed by atoms with van der Waals surface area (Å²) in [4.78, 5) is 30.4. The molecule has 1 N–H and O–H groups in total. The number of fused-ring (bicyclic) bond motifs is 1. The summed E-state index contributed by atoms with van der Waals surface area (Å²) in [5.74, 6) is 0.0895. The summed E-state index contributed by atoms with van der Waals surface area (Å²) < 4.78 is 20.0. The molecule has 0 saturated carbocycles. The molecule has 2 aromatic heterocycles. The van der Waals surface area contributed by atoms with Crippen LogP contribution in [0.25, 0.3) is 10.9 Å². The molecule has 0 radical (unpaired) electrons. The lowest BCUT2D eigenvalue weighted by atomic mass is 10.2. The van der Waals surface area contributed by atoms with Gasteiger partial charge in [-0.3, -0.25) is 14.2 Å². The topological polar surface area (TPSA) is 77.1 Å². The molecule has 1 atom stereocenters. The van der Waals surface area contributed by atoms with Crippen molar-refractivity contribution in [3.05, 3.63) is 94.4 Å². The number of amides is 1. The highest BCUT2D eigenvalue weighted by Gasteiger charge is 2.20. The van der Waals surface area contributed by atoms with Crippen molar-refractivity contribution in [3.8, 4) is 0 Å². The number of nitrogens with zero attached hydrogens (tertiary/aromatic N) is 2. The van der Waals surface area contributed by atoms with Gasteiger partial charge in [0.1, 0.15) is 11.6 Å². The van der Waals surface area contributed by atoms with E-state index in [1.54, 1.807) is 55.7 Å². The molecule has 8 heteroatoms. The van der Waals surface area contributed by atoms with Crippen molar-refractivity contribution < 1.29 is 13.6 Å². The van der Waals surface area contributed by atoms with Crippen LogP contribution in [0.5, 0.6) is 0 Å². The number of hydrogen-bond acceptors (Lipinski definition) is 5. The lowest BCUT2D eigenvalue weighted by Gasteiger charge is -2.16. The van der Waals surface area contributed by atoms with Crippen molar-refractivity contribution in [2.75, 3.05) is 0 Å². The Hall–Kier alpha value is -3.39. The third-order valence-corrected chi connectivity index (χ3v) is 5.84. The van der Waals surface area contributed by atoms with Gasteiger partial charge in [0.15, 0.2) is 5.16 Å². The highest BCUT2D eigenvalue weighted by atomic mass is 32.2. The van der Waals surface area contributed by atoms with E-state index < -0.39 is 5.25 Å². The van der Waals surface area contributed by atoms with Crippen LogP contribution in [0.4, 0.5) is 4.39 Å². The Morgan fingerprint density at radius 2 is 1.94 bits per heavy atom. The average molecular weight is 437 g/mol. The molecule has 2 aromatic carbocycles. The number of halogens is 1. The number of rotatable bonds is 7. The van der Waals surface area contributed by atoms with Gasteiger partial charge in [-0.25, -0.2) is 9.37 Å². The van der Waals surface area contributed by atoms with Crippen LogP contribution in [0.1, 0.15) is 18.2 Å². The Balaban J connectivity index is 1.56. The fraction of sp³-hybridized carbons (Fsp3) is 0.174. The van der Waals surface area contributed by atoms with Gasteiger partial charge in [-0.2, -0.15) is 0 Å². The Morgan fingerprint density at radius 3 is 2.68 bits per heavy atom. The standard InChI is InChI=1S/C23H20FN3O3S/c1-15(21(28)25-13-16-8-10-17(24)11-9-16)31-23-26-20-7-3-2-6-19(20)22(29)27(23)14-18-5-4-12-30-18/h2-12,15H,13-14H2,1H3,(H,25,28). The second kappa shape index (κ2) is 9.18. The molecule has 158 valence electrons. The molecule has 0 aliphatic heterocycles. The van der Waals surface area contributed by atoms with E-state index in [4.69, 9.17) is 4.42 Å². The molecule has 1 amide bonds. The van der Waals surface area contributed by atoms with Crippen molar-refractivity contribution in [1.82, 2.24) is 14.9 Å². The zero-order valence-electron chi connectivity index (χ0n) is 16.7. The number of benzene rings is 2. The van der Waals surface area contributed by atoms with Crippen LogP contribution >= 0.6 is 11.8 Å². The van der Waals surface area contributed by atoms with Gasteiger partial charge >= 0.3 is 0 Å². The first kappa shape index (κ1) is 20.9. The molecule has 6 nitrogen and oxygen atoms in total. The van der Waals surface area contributed by atoms with E-state index in [1.807, 2.05) is 6.07 Å². The summed E-state index contributed by atoms with van der Waals surface area (Å²) >= 11 is 1.20. The third kappa shape index (κ3) is 4.86. The molecule has 4 rings (SSSR count). The number of carbonyl (C=O) groups is 1. The second-order valence-electron chi connectivity index (χ2n) is 6.99. The molecular formula is C23H20FN3O3S. The molecule has 0 bridgehead atoms. The molecule has 0 saturated heterocycles. The zero-order valence-corrected chi connectivity index (χ0v) is 17.6. The van der Waals surface area contributed by atoms with Gasteiger partial charge in [0.2, 0.25) is 5.91 Å². The predicted molar refractivity (Wildman–Crippen MR) is 117 cm³/mol. The maximum Gasteiger partial charge on any atom is 0.262 e. The van der Waals surface area contributed by atoms with Crippen molar-refractivity contribution in [2.24, 2.45) is 0 Å². The summed E-state index contributed by atoms with van der Waals surface area (Å²) in [6, 6.07) is 16.6. The van der Waals surface area contributed by atoms with E-state index in [1.165, 1.54) is 28.5 Å². The van der Waals surface area contributed by atoms with Crippen LogP contribution in [0.15, 0.2) is 81.3 Å². The summed E-state index contributed by atoms with van der Waals surface area (Å²) in [6.45, 7) is 2.26. The Morgan fingerprint density at radius 1 is 1.16 bits per heavy atom. The molecule has 0 spiro atoms. The SMILES string of the molecule is CC(Sc1nc2ccccc2c(=O)n1Cc1ccco1)C(=O)NCc1ccc(F)cc1. The largest absolute Gasteiger partial charge is 0.467 e. The highest BCUT2D eigenvalue weighted by molar-refractivity contribution is 8.00. The van der Waals surface area contributed by atoms with Crippen molar-refractivity contribution in [3.63, 3.8) is 0 Å². The minimum atomic E-state index is -0.503. The first-order valence-electron chi connectivity index (χ1n) is 9.72. The van der Waals surface area contributed by atoms with Crippen LogP contribution < -0.4 is 10.9 Å². The average Bonchev–Trinajstić information content (AvgIpc) is 3.29. The minimum absolute atomic E-state index is 0.191. The smallest absolute Gasteiger partial charge is 0.262 e. The van der Waals surface area contributed by atoms with Gasteiger partial charge in [0.25, 0.3) is 5.56 Å². The summed E-state index contributed by atoms with van der Waals surface area (Å²) in [5, 5.41) is 3.28. The molecule has 0 aliphatic rings. The third-order valence-electron chi connectivity index (χ3n) is 4.75. The van der Waals surface area contributed by atoms with E-state index in [0.29, 0.717) is 21.8 Å². The van der Waals surface area contributed by atoms with E-state index in [2.05, 4.69) is 10.3 Å². The molecule has 0 fully saturated rings. The number of furan rings is 1.